The van der Waals surface area contributed by atoms with Gasteiger partial charge in [0.1, 0.15) is 0 Å². The molecule has 0 amide bonds. The number of benzene rings is 9. The maximum atomic E-state index is 15.0. The molecule has 82 heavy (non-hydrogen) atoms. The zero-order valence-electron chi connectivity index (χ0n) is 40.9. The molecule has 0 saturated heterocycles. The van der Waals surface area contributed by atoms with Crippen molar-refractivity contribution in [3.05, 3.63) is 215 Å². The molecule has 2 heterocycles. The van der Waals surface area contributed by atoms with Gasteiger partial charge in [0, 0.05) is 32.7 Å². The Morgan fingerprint density at radius 1 is 0.280 bits per heavy atom. The van der Waals surface area contributed by atoms with E-state index in [1.807, 2.05) is 6.07 Å². The highest BCUT2D eigenvalue weighted by Crippen LogP contribution is 2.48. The van der Waals surface area contributed by atoms with Crippen molar-refractivity contribution in [2.45, 2.75) is 37.1 Å². The highest BCUT2D eigenvalue weighted by Gasteiger charge is 2.41. The minimum Gasteiger partial charge on any atom is -0.309 e. The molecule has 11 rings (SSSR count). The van der Waals surface area contributed by atoms with Crippen molar-refractivity contribution in [1.82, 2.24) is 9.13 Å². The lowest BCUT2D eigenvalue weighted by molar-refractivity contribution is -0.144. The van der Waals surface area contributed by atoms with Crippen LogP contribution in [0.1, 0.15) is 38.9 Å². The summed E-state index contributed by atoms with van der Waals surface area (Å²) in [6.45, 7) is 0. The molecule has 0 aliphatic heterocycles. The lowest BCUT2D eigenvalue weighted by atomic mass is 9.91. The van der Waals surface area contributed by atoms with Gasteiger partial charge < -0.3 is 9.13 Å². The smallest absolute Gasteiger partial charge is 0.309 e. The standard InChI is InChI=1S/C61H29F18N3/c62-56(63,64)37-13-14-42(49(29-37)61(77,78)79)34-12-18-55(82-51-8-4-2-6-44(51)47-25-33(11-17-54(47)82)36-22-40(59(71,72)73)28-41(23-36)60(74,75)76)48(26-34)45-19-31(30-80)9-15-52(45)81-50-7-3-1-5-43(50)46-24-32(10-16-53(46)81)35-20-38(57(65,66)67)27-39(21-35)58(68,69)70/h1-29H. The minimum atomic E-state index is -5.38. The number of alkyl halides is 18. The van der Waals surface area contributed by atoms with E-state index in [-0.39, 0.29) is 84.8 Å². The van der Waals surface area contributed by atoms with Gasteiger partial charge in [-0.2, -0.15) is 84.3 Å². The van der Waals surface area contributed by atoms with E-state index in [0.29, 0.717) is 58.2 Å². The molecule has 9 aromatic carbocycles. The molecule has 21 heteroatoms. The molecule has 0 aliphatic carbocycles. The zero-order chi connectivity index (χ0) is 58.8. The van der Waals surface area contributed by atoms with Gasteiger partial charge in [-0.1, -0.05) is 60.7 Å². The Balaban J connectivity index is 1.21. The number of rotatable bonds is 6. The Hall–Kier alpha value is -9.19. The molecule has 0 saturated carbocycles. The second-order valence-electron chi connectivity index (χ2n) is 19.1. The Kier molecular flexibility index (Phi) is 12.7. The van der Waals surface area contributed by atoms with Crippen molar-refractivity contribution >= 4 is 43.6 Å². The lowest BCUT2D eigenvalue weighted by Crippen LogP contribution is -2.12. The molecule has 414 valence electrons. The molecular formula is C61H29F18N3. The summed E-state index contributed by atoms with van der Waals surface area (Å²) >= 11 is 0. The Labute approximate surface area is 449 Å². The summed E-state index contributed by atoms with van der Waals surface area (Å²) in [4.78, 5) is 0. The van der Waals surface area contributed by atoms with E-state index in [2.05, 4.69) is 0 Å². The van der Waals surface area contributed by atoms with Gasteiger partial charge in [-0.25, -0.2) is 0 Å². The first-order valence-corrected chi connectivity index (χ1v) is 24.0. The van der Waals surface area contributed by atoms with Crippen LogP contribution in [-0.4, -0.2) is 9.13 Å². The zero-order valence-corrected chi connectivity index (χ0v) is 40.9. The molecule has 0 fully saturated rings. The van der Waals surface area contributed by atoms with Crippen LogP contribution < -0.4 is 0 Å². The fourth-order valence-electron chi connectivity index (χ4n) is 10.4. The molecule has 3 nitrogen and oxygen atoms in total. The van der Waals surface area contributed by atoms with Crippen molar-refractivity contribution in [1.29, 1.82) is 5.26 Å². The van der Waals surface area contributed by atoms with E-state index in [0.717, 1.165) is 0 Å². The molecule has 2 aromatic heterocycles. The van der Waals surface area contributed by atoms with Crippen LogP contribution in [0, 0.1) is 11.3 Å². The van der Waals surface area contributed by atoms with E-state index in [1.165, 1.54) is 72.8 Å². The summed E-state index contributed by atoms with van der Waals surface area (Å²) in [5.41, 5.74) is -10.2. The van der Waals surface area contributed by atoms with Crippen molar-refractivity contribution in [3.63, 3.8) is 0 Å². The van der Waals surface area contributed by atoms with Crippen LogP contribution in [0.5, 0.6) is 0 Å². The highest BCUT2D eigenvalue weighted by molar-refractivity contribution is 6.13. The highest BCUT2D eigenvalue weighted by atomic mass is 19.4. The lowest BCUT2D eigenvalue weighted by Gasteiger charge is -2.21. The third kappa shape index (κ3) is 9.78. The van der Waals surface area contributed by atoms with Gasteiger partial charge in [0.05, 0.1) is 78.5 Å². The van der Waals surface area contributed by atoms with Gasteiger partial charge in [-0.05, 0) is 149 Å². The molecule has 0 unspecified atom stereocenters. The summed E-state index contributed by atoms with van der Waals surface area (Å²) in [5, 5.41) is 11.7. The van der Waals surface area contributed by atoms with Crippen LogP contribution in [-0.2, 0) is 37.1 Å². The first-order valence-electron chi connectivity index (χ1n) is 24.0. The topological polar surface area (TPSA) is 33.6 Å². The Bertz CT molecular complexity index is 4380. The predicted molar refractivity (Wildman–Crippen MR) is 272 cm³/mol. The summed E-state index contributed by atoms with van der Waals surface area (Å²) < 4.78 is 259. The molecule has 0 aliphatic rings. The normalized spacial score (nSPS) is 13.0. The molecular weight excluding hydrogens is 1120 g/mol. The maximum Gasteiger partial charge on any atom is 0.417 e. The van der Waals surface area contributed by atoms with Crippen molar-refractivity contribution in [2.24, 2.45) is 0 Å². The van der Waals surface area contributed by atoms with Gasteiger partial charge in [0.2, 0.25) is 0 Å². The minimum absolute atomic E-state index is 0.0109. The van der Waals surface area contributed by atoms with Crippen LogP contribution in [0.3, 0.4) is 0 Å². The van der Waals surface area contributed by atoms with E-state index in [1.54, 1.807) is 57.7 Å². The molecule has 0 atom stereocenters. The van der Waals surface area contributed by atoms with Gasteiger partial charge in [-0.15, -0.1) is 0 Å². The number of nitrogens with zero attached hydrogens (tertiary/aromatic N) is 3. The van der Waals surface area contributed by atoms with Crippen LogP contribution in [0.15, 0.2) is 176 Å². The summed E-state index contributed by atoms with van der Waals surface area (Å²) in [6, 6.07) is 34.1. The third-order valence-electron chi connectivity index (χ3n) is 14.0. The number of hydrogen-bond donors (Lipinski definition) is 0. The van der Waals surface area contributed by atoms with Gasteiger partial charge in [0.25, 0.3) is 0 Å². The largest absolute Gasteiger partial charge is 0.417 e. The summed E-state index contributed by atoms with van der Waals surface area (Å²) in [6.07, 6.45) is -31.3. The Morgan fingerprint density at radius 3 is 1.09 bits per heavy atom. The monoisotopic (exact) mass is 1150 g/mol. The molecule has 0 radical (unpaired) electrons. The predicted octanol–water partition coefficient (Wildman–Crippen LogP) is 20.5. The second kappa shape index (κ2) is 19.0. The van der Waals surface area contributed by atoms with Crippen LogP contribution in [0.2, 0.25) is 0 Å². The van der Waals surface area contributed by atoms with Crippen molar-refractivity contribution in [3.8, 4) is 62.0 Å². The van der Waals surface area contributed by atoms with Crippen LogP contribution in [0.4, 0.5) is 79.0 Å². The first-order chi connectivity index (χ1) is 38.4. The van der Waals surface area contributed by atoms with Crippen LogP contribution >= 0.6 is 0 Å². The average molecular weight is 1150 g/mol. The molecule has 0 N–H and O–H groups in total. The average Bonchev–Trinajstić information content (AvgIpc) is 2.17. The molecule has 0 bridgehead atoms. The fraction of sp³-hybridized carbons (Fsp3) is 0.0984. The van der Waals surface area contributed by atoms with Gasteiger partial charge in [0.15, 0.2) is 0 Å². The maximum absolute atomic E-state index is 15.0. The fourth-order valence-corrected chi connectivity index (χ4v) is 10.4. The van der Waals surface area contributed by atoms with Gasteiger partial charge in [-0.3, -0.25) is 0 Å². The SMILES string of the molecule is N#Cc1ccc(-n2c3ccccc3c3cc(-c4cc(C(F)(F)F)cc(C(F)(F)F)c4)ccc32)c(-c2cc(-c3ccc(C(F)(F)F)cc3C(F)(F)F)ccc2-n2c3ccccc3c3cc(-c4cc(C(F)(F)F)cc(C(F)(F)F)c4)ccc32)c1. The third-order valence-corrected chi connectivity index (χ3v) is 14.0. The van der Waals surface area contributed by atoms with Gasteiger partial charge >= 0.3 is 37.1 Å². The number of para-hydroxylation sites is 2. The number of fused-ring (bicyclic) bond motifs is 6. The van der Waals surface area contributed by atoms with E-state index in [4.69, 9.17) is 0 Å². The number of hydrogen-bond acceptors (Lipinski definition) is 1. The van der Waals surface area contributed by atoms with Crippen molar-refractivity contribution in [2.75, 3.05) is 0 Å². The second-order valence-corrected chi connectivity index (χ2v) is 19.1. The summed E-state index contributed by atoms with van der Waals surface area (Å²) in [7, 11) is 0. The molecule has 11 aromatic rings. The quantitative estimate of drug-likeness (QED) is 0.153. The first kappa shape index (κ1) is 54.8. The number of aromatic nitrogens is 2. The Morgan fingerprint density at radius 2 is 0.671 bits per heavy atom. The molecule has 0 spiro atoms. The number of nitriles is 1. The van der Waals surface area contributed by atoms with E-state index < -0.39 is 87.1 Å². The van der Waals surface area contributed by atoms with E-state index >= 15 is 0 Å². The van der Waals surface area contributed by atoms with Crippen LogP contribution in [0.25, 0.3) is 99.5 Å². The number of halogens is 18. The summed E-state index contributed by atoms with van der Waals surface area (Å²) in [5.74, 6) is 0. The van der Waals surface area contributed by atoms with Crippen molar-refractivity contribution < 1.29 is 79.0 Å². The van der Waals surface area contributed by atoms with E-state index in [9.17, 15) is 84.3 Å².